The van der Waals surface area contributed by atoms with Crippen LogP contribution in [-0.4, -0.2) is 49.7 Å². The first kappa shape index (κ1) is 27.1. The Morgan fingerprint density at radius 2 is 1.57 bits per heavy atom. The van der Waals surface area contributed by atoms with Crippen LogP contribution in [-0.2, 0) is 22.7 Å². The van der Waals surface area contributed by atoms with E-state index in [1.165, 1.54) is 10.4 Å². The van der Waals surface area contributed by atoms with Gasteiger partial charge in [-0.05, 0) is 55.0 Å². The summed E-state index contributed by atoms with van der Waals surface area (Å²) in [5, 5.41) is 2.02. The van der Waals surface area contributed by atoms with Gasteiger partial charge in [-0.3, -0.25) is 9.69 Å². The van der Waals surface area contributed by atoms with E-state index >= 15 is 0 Å². The summed E-state index contributed by atoms with van der Waals surface area (Å²) in [5.41, 5.74) is 1.18. The molecular weight excluding hydrogens is 527 g/mol. The molecule has 37 heavy (non-hydrogen) atoms. The largest absolute Gasteiger partial charge is 0.417 e. The number of nitrogens with one attached hydrogen (secondary N) is 1. The zero-order chi connectivity index (χ0) is 26.8. The van der Waals surface area contributed by atoms with E-state index in [9.17, 15) is 26.4 Å². The molecule has 1 aliphatic heterocycles. The van der Waals surface area contributed by atoms with Crippen molar-refractivity contribution in [2.24, 2.45) is 0 Å². The zero-order valence-electron chi connectivity index (χ0n) is 19.9. The monoisotopic (exact) mass is 551 g/mol. The highest BCUT2D eigenvalue weighted by molar-refractivity contribution is 7.89. The fourth-order valence-corrected chi connectivity index (χ4v) is 5.68. The second-order valence-corrected chi connectivity index (χ2v) is 11.2. The number of aryl methyl sites for hydroxylation is 1. The smallest absolute Gasteiger partial charge is 0.322 e. The van der Waals surface area contributed by atoms with Gasteiger partial charge in [-0.2, -0.15) is 17.5 Å². The standard InChI is InChI=1S/C26H25ClF3N3O3S/c1-18-2-9-22(10-3-18)37(35,36)33-14-12-32(13-15-33)17-19-4-6-20(7-5-19)25(34)31-21-8-11-24(27)23(16-21)26(28,29)30/h2-11,16H,12-15,17H2,1H3,(H,31,34). The highest BCUT2D eigenvalue weighted by Crippen LogP contribution is 2.36. The van der Waals surface area contributed by atoms with E-state index in [2.05, 4.69) is 10.2 Å². The number of hydrogen-bond acceptors (Lipinski definition) is 4. The number of benzene rings is 3. The normalized spacial score (nSPS) is 15.5. The first-order chi connectivity index (χ1) is 17.4. The van der Waals surface area contributed by atoms with Crippen molar-refractivity contribution in [2.45, 2.75) is 24.5 Å². The quantitative estimate of drug-likeness (QED) is 0.444. The third-order valence-corrected chi connectivity index (χ3v) is 8.38. The number of piperazine rings is 1. The maximum atomic E-state index is 13.1. The van der Waals surface area contributed by atoms with Crippen LogP contribution in [0, 0.1) is 6.92 Å². The van der Waals surface area contributed by atoms with Crippen molar-refractivity contribution in [3.05, 3.63) is 94.0 Å². The van der Waals surface area contributed by atoms with Crippen molar-refractivity contribution in [1.29, 1.82) is 0 Å². The Kier molecular flexibility index (Phi) is 7.94. The number of nitrogens with zero attached hydrogens (tertiary/aromatic N) is 2. The van der Waals surface area contributed by atoms with Gasteiger partial charge in [0.05, 0.1) is 15.5 Å². The fourth-order valence-electron chi connectivity index (χ4n) is 4.03. The van der Waals surface area contributed by atoms with Gasteiger partial charge in [0, 0.05) is 44.0 Å². The number of hydrogen-bond donors (Lipinski definition) is 1. The zero-order valence-corrected chi connectivity index (χ0v) is 21.5. The Labute approximate surface area is 218 Å². The number of alkyl halides is 3. The van der Waals surface area contributed by atoms with Gasteiger partial charge in [-0.15, -0.1) is 0 Å². The second-order valence-electron chi connectivity index (χ2n) is 8.84. The predicted octanol–water partition coefficient (Wildman–Crippen LogP) is 5.43. The lowest BCUT2D eigenvalue weighted by Crippen LogP contribution is -2.48. The van der Waals surface area contributed by atoms with E-state index in [-0.39, 0.29) is 10.6 Å². The second kappa shape index (κ2) is 10.8. The summed E-state index contributed by atoms with van der Waals surface area (Å²) >= 11 is 5.63. The molecule has 0 aromatic heterocycles. The Morgan fingerprint density at radius 1 is 0.946 bits per heavy atom. The molecule has 1 amide bonds. The molecule has 0 bridgehead atoms. The number of amides is 1. The average Bonchev–Trinajstić information content (AvgIpc) is 2.85. The molecule has 0 aliphatic carbocycles. The summed E-state index contributed by atoms with van der Waals surface area (Å²) in [4.78, 5) is 14.9. The maximum Gasteiger partial charge on any atom is 0.417 e. The first-order valence-electron chi connectivity index (χ1n) is 11.5. The molecule has 1 heterocycles. The summed E-state index contributed by atoms with van der Waals surface area (Å²) in [5.74, 6) is -0.545. The Hall–Kier alpha value is -2.92. The molecule has 4 rings (SSSR count). The summed E-state index contributed by atoms with van der Waals surface area (Å²) in [7, 11) is -3.54. The Bertz CT molecular complexity index is 1370. The molecule has 3 aromatic carbocycles. The van der Waals surface area contributed by atoms with Gasteiger partial charge in [0.1, 0.15) is 0 Å². The topological polar surface area (TPSA) is 69.7 Å². The summed E-state index contributed by atoms with van der Waals surface area (Å²) < 4.78 is 66.5. The van der Waals surface area contributed by atoms with Crippen LogP contribution in [0.25, 0.3) is 0 Å². The summed E-state index contributed by atoms with van der Waals surface area (Å²) in [6, 6.07) is 16.7. The van der Waals surface area contributed by atoms with Crippen LogP contribution < -0.4 is 5.32 Å². The number of anilines is 1. The van der Waals surface area contributed by atoms with Crippen molar-refractivity contribution < 1.29 is 26.4 Å². The lowest BCUT2D eigenvalue weighted by atomic mass is 10.1. The molecule has 196 valence electrons. The van der Waals surface area contributed by atoms with Gasteiger partial charge in [0.15, 0.2) is 0 Å². The number of halogens is 4. The third kappa shape index (κ3) is 6.51. The van der Waals surface area contributed by atoms with Gasteiger partial charge >= 0.3 is 6.18 Å². The van der Waals surface area contributed by atoms with Crippen LogP contribution in [0.5, 0.6) is 0 Å². The van der Waals surface area contributed by atoms with Crippen molar-refractivity contribution >= 4 is 33.2 Å². The average molecular weight is 552 g/mol. The maximum absolute atomic E-state index is 13.1. The van der Waals surface area contributed by atoms with E-state index in [0.29, 0.717) is 38.3 Å². The number of rotatable bonds is 6. The van der Waals surface area contributed by atoms with E-state index in [0.717, 1.165) is 23.3 Å². The van der Waals surface area contributed by atoms with Gasteiger partial charge in [0.2, 0.25) is 10.0 Å². The Morgan fingerprint density at radius 3 is 2.16 bits per heavy atom. The van der Waals surface area contributed by atoms with Crippen LogP contribution in [0.2, 0.25) is 5.02 Å². The number of carbonyl (C=O) groups excluding carboxylic acids is 1. The molecule has 11 heteroatoms. The molecule has 1 saturated heterocycles. The third-order valence-electron chi connectivity index (χ3n) is 6.14. The molecule has 0 unspecified atom stereocenters. The minimum Gasteiger partial charge on any atom is -0.322 e. The summed E-state index contributed by atoms with van der Waals surface area (Å²) in [6.45, 7) is 4.35. The van der Waals surface area contributed by atoms with E-state index < -0.39 is 32.7 Å². The molecule has 3 aromatic rings. The molecule has 0 atom stereocenters. The van der Waals surface area contributed by atoms with Gasteiger partial charge < -0.3 is 5.32 Å². The first-order valence-corrected chi connectivity index (χ1v) is 13.3. The van der Waals surface area contributed by atoms with Gasteiger partial charge in [-0.25, -0.2) is 8.42 Å². The van der Waals surface area contributed by atoms with Gasteiger partial charge in [-0.1, -0.05) is 41.4 Å². The van der Waals surface area contributed by atoms with Crippen LogP contribution in [0.1, 0.15) is 27.0 Å². The van der Waals surface area contributed by atoms with Crippen LogP contribution >= 0.6 is 11.6 Å². The van der Waals surface area contributed by atoms with Crippen molar-refractivity contribution in [2.75, 3.05) is 31.5 Å². The highest BCUT2D eigenvalue weighted by atomic mass is 35.5. The lowest BCUT2D eigenvalue weighted by molar-refractivity contribution is -0.137. The minimum absolute atomic E-state index is 0.00994. The SMILES string of the molecule is Cc1ccc(S(=O)(=O)N2CCN(Cc3ccc(C(=O)Nc4ccc(Cl)c(C(F)(F)F)c4)cc3)CC2)cc1. The van der Waals surface area contributed by atoms with Crippen LogP contribution in [0.4, 0.5) is 18.9 Å². The molecule has 0 saturated carbocycles. The van der Waals surface area contributed by atoms with Crippen molar-refractivity contribution in [3.8, 4) is 0 Å². The molecule has 0 radical (unpaired) electrons. The van der Waals surface area contributed by atoms with Gasteiger partial charge in [0.25, 0.3) is 5.91 Å². The highest BCUT2D eigenvalue weighted by Gasteiger charge is 2.33. The molecule has 1 fully saturated rings. The van der Waals surface area contributed by atoms with Crippen molar-refractivity contribution in [3.63, 3.8) is 0 Å². The molecule has 0 spiro atoms. The molecule has 1 aliphatic rings. The minimum atomic E-state index is -4.63. The summed E-state index contributed by atoms with van der Waals surface area (Å²) in [6.07, 6.45) is -4.63. The number of sulfonamides is 1. The molecular formula is C26H25ClF3N3O3S. The van der Waals surface area contributed by atoms with Crippen LogP contribution in [0.15, 0.2) is 71.6 Å². The molecule has 6 nitrogen and oxygen atoms in total. The van der Waals surface area contributed by atoms with E-state index in [1.807, 2.05) is 6.92 Å². The predicted molar refractivity (Wildman–Crippen MR) is 136 cm³/mol. The van der Waals surface area contributed by atoms with E-state index in [1.54, 1.807) is 48.5 Å². The lowest BCUT2D eigenvalue weighted by Gasteiger charge is -2.34. The fraction of sp³-hybridized carbons (Fsp3) is 0.269. The van der Waals surface area contributed by atoms with Crippen LogP contribution in [0.3, 0.4) is 0 Å². The molecule has 1 N–H and O–H groups in total. The Balaban J connectivity index is 1.33. The number of carbonyl (C=O) groups is 1. The van der Waals surface area contributed by atoms with E-state index in [4.69, 9.17) is 11.6 Å². The van der Waals surface area contributed by atoms with Crippen molar-refractivity contribution in [1.82, 2.24) is 9.21 Å².